The number of halogens is 1. The van der Waals surface area contributed by atoms with Gasteiger partial charge < -0.3 is 0 Å². The van der Waals surface area contributed by atoms with Crippen LogP contribution in [-0.2, 0) is 5.41 Å². The lowest BCUT2D eigenvalue weighted by molar-refractivity contribution is 0.744. The Morgan fingerprint density at radius 1 is 1.09 bits per heavy atom. The van der Waals surface area contributed by atoms with Gasteiger partial charge in [0, 0.05) is 17.5 Å². The summed E-state index contributed by atoms with van der Waals surface area (Å²) in [7, 11) is 1.91. The van der Waals surface area contributed by atoms with Gasteiger partial charge in [0.25, 0.3) is 0 Å². The van der Waals surface area contributed by atoms with Crippen molar-refractivity contribution in [2.45, 2.75) is 19.3 Å². The van der Waals surface area contributed by atoms with Crippen molar-refractivity contribution in [1.82, 2.24) is 0 Å². The first-order chi connectivity index (χ1) is 10.5. The summed E-state index contributed by atoms with van der Waals surface area (Å²) in [5, 5.41) is 7.06. The molecule has 0 spiro atoms. The number of fused-ring (bicyclic) bond motifs is 1. The van der Waals surface area contributed by atoms with Crippen LogP contribution in [0.25, 0.3) is 0 Å². The van der Waals surface area contributed by atoms with Crippen LogP contribution in [0.3, 0.4) is 0 Å². The van der Waals surface area contributed by atoms with Gasteiger partial charge >= 0.3 is 0 Å². The first-order valence-corrected chi connectivity index (χ1v) is 7.58. The highest BCUT2D eigenvalue weighted by atomic mass is 35.5. The van der Waals surface area contributed by atoms with Gasteiger partial charge in [-0.15, -0.1) is 0 Å². The third-order valence-corrected chi connectivity index (χ3v) is 4.26. The third-order valence-electron chi connectivity index (χ3n) is 4.01. The Labute approximate surface area is 135 Å². The third kappa shape index (κ3) is 2.64. The zero-order valence-corrected chi connectivity index (χ0v) is 13.7. The predicted molar refractivity (Wildman–Crippen MR) is 94.9 cm³/mol. The minimum Gasteiger partial charge on any atom is -0.269 e. The standard InChI is InChI=1S/C18H18ClN3/c1-18(2)15-6-4-5-7-16(15)21-17(18)12-20-22(3)14-10-8-13(19)9-11-14/h4-12H,1-3H3. The van der Waals surface area contributed by atoms with E-state index in [1.807, 2.05) is 54.7 Å². The molecule has 1 heterocycles. The zero-order chi connectivity index (χ0) is 15.7. The maximum Gasteiger partial charge on any atom is 0.0712 e. The summed E-state index contributed by atoms with van der Waals surface area (Å²) in [6, 6.07) is 15.8. The number of aliphatic imine (C=N–C) groups is 1. The Balaban J connectivity index is 1.83. The molecule has 1 aliphatic heterocycles. The van der Waals surface area contributed by atoms with Crippen LogP contribution >= 0.6 is 11.6 Å². The summed E-state index contributed by atoms with van der Waals surface area (Å²) in [5.74, 6) is 0. The summed E-state index contributed by atoms with van der Waals surface area (Å²) in [6.07, 6.45) is 1.84. The summed E-state index contributed by atoms with van der Waals surface area (Å²) >= 11 is 5.91. The average molecular weight is 312 g/mol. The number of hydrogen-bond donors (Lipinski definition) is 0. The number of nitrogens with zero attached hydrogens (tertiary/aromatic N) is 3. The van der Waals surface area contributed by atoms with E-state index in [9.17, 15) is 0 Å². The van der Waals surface area contributed by atoms with Crippen LogP contribution < -0.4 is 5.01 Å². The lowest BCUT2D eigenvalue weighted by Gasteiger charge is -2.20. The molecule has 112 valence electrons. The maximum absolute atomic E-state index is 5.91. The highest BCUT2D eigenvalue weighted by molar-refractivity contribution is 6.36. The molecule has 3 rings (SSSR count). The molecule has 0 aliphatic carbocycles. The second-order valence-corrected chi connectivity index (χ2v) is 6.32. The van der Waals surface area contributed by atoms with E-state index in [0.29, 0.717) is 0 Å². The Morgan fingerprint density at radius 2 is 1.77 bits per heavy atom. The normalized spacial score (nSPS) is 15.7. The van der Waals surface area contributed by atoms with E-state index < -0.39 is 0 Å². The minimum absolute atomic E-state index is 0.124. The molecule has 0 aromatic heterocycles. The molecular weight excluding hydrogens is 294 g/mol. The topological polar surface area (TPSA) is 28.0 Å². The molecule has 0 unspecified atom stereocenters. The van der Waals surface area contributed by atoms with E-state index in [2.05, 4.69) is 31.1 Å². The van der Waals surface area contributed by atoms with Gasteiger partial charge in [-0.1, -0.05) is 43.6 Å². The summed E-state index contributed by atoms with van der Waals surface area (Å²) in [6.45, 7) is 4.35. The molecule has 0 saturated carbocycles. The molecule has 0 N–H and O–H groups in total. The maximum atomic E-state index is 5.91. The van der Waals surface area contributed by atoms with Crippen LogP contribution in [-0.4, -0.2) is 19.0 Å². The lowest BCUT2D eigenvalue weighted by atomic mass is 9.82. The molecular formula is C18H18ClN3. The molecule has 4 heteroatoms. The lowest BCUT2D eigenvalue weighted by Crippen LogP contribution is -2.27. The summed E-state index contributed by atoms with van der Waals surface area (Å²) in [4.78, 5) is 4.70. The van der Waals surface area contributed by atoms with E-state index in [-0.39, 0.29) is 5.41 Å². The van der Waals surface area contributed by atoms with Crippen molar-refractivity contribution in [2.75, 3.05) is 12.1 Å². The quantitative estimate of drug-likeness (QED) is 0.589. The van der Waals surface area contributed by atoms with Gasteiger partial charge in [-0.2, -0.15) is 5.10 Å². The molecule has 1 aliphatic rings. The molecule has 3 nitrogen and oxygen atoms in total. The van der Waals surface area contributed by atoms with Crippen molar-refractivity contribution in [2.24, 2.45) is 10.1 Å². The Bertz CT molecular complexity index is 745. The van der Waals surface area contributed by atoms with Crippen LogP contribution in [0, 0.1) is 0 Å². The van der Waals surface area contributed by atoms with Crippen LogP contribution in [0.4, 0.5) is 11.4 Å². The number of rotatable bonds is 3. The molecule has 22 heavy (non-hydrogen) atoms. The molecule has 0 fully saturated rings. The zero-order valence-electron chi connectivity index (χ0n) is 12.9. The number of anilines is 1. The Hall–Kier alpha value is -2.13. The van der Waals surface area contributed by atoms with Crippen molar-refractivity contribution >= 4 is 34.9 Å². The van der Waals surface area contributed by atoms with Crippen LogP contribution in [0.1, 0.15) is 19.4 Å². The summed E-state index contributed by atoms with van der Waals surface area (Å²) < 4.78 is 0. The van der Waals surface area contributed by atoms with Gasteiger partial charge in [-0.25, -0.2) is 0 Å². The van der Waals surface area contributed by atoms with Crippen molar-refractivity contribution in [1.29, 1.82) is 0 Å². The molecule has 0 radical (unpaired) electrons. The van der Waals surface area contributed by atoms with E-state index >= 15 is 0 Å². The Morgan fingerprint density at radius 3 is 2.45 bits per heavy atom. The van der Waals surface area contributed by atoms with E-state index in [1.165, 1.54) is 5.56 Å². The van der Waals surface area contributed by atoms with Crippen LogP contribution in [0.15, 0.2) is 58.6 Å². The highest BCUT2D eigenvalue weighted by Crippen LogP contribution is 2.39. The SMILES string of the molecule is CN(N=CC1=Nc2ccccc2C1(C)C)c1ccc(Cl)cc1. The van der Waals surface area contributed by atoms with Crippen LogP contribution in [0.5, 0.6) is 0 Å². The number of hydrogen-bond acceptors (Lipinski definition) is 3. The van der Waals surface area contributed by atoms with Gasteiger partial charge in [0.15, 0.2) is 0 Å². The first kappa shape index (κ1) is 14.8. The fourth-order valence-electron chi connectivity index (χ4n) is 2.56. The van der Waals surface area contributed by atoms with Crippen molar-refractivity contribution < 1.29 is 0 Å². The van der Waals surface area contributed by atoms with Gasteiger partial charge in [0.05, 0.1) is 23.3 Å². The van der Waals surface area contributed by atoms with Crippen LogP contribution in [0.2, 0.25) is 5.02 Å². The fourth-order valence-corrected chi connectivity index (χ4v) is 2.69. The smallest absolute Gasteiger partial charge is 0.0712 e. The van der Waals surface area contributed by atoms with Crippen molar-refractivity contribution in [3.05, 3.63) is 59.1 Å². The molecule has 0 bridgehead atoms. The van der Waals surface area contributed by atoms with Gasteiger partial charge in [-0.3, -0.25) is 10.0 Å². The molecule has 0 amide bonds. The first-order valence-electron chi connectivity index (χ1n) is 7.20. The molecule has 0 atom stereocenters. The number of benzene rings is 2. The van der Waals surface area contributed by atoms with E-state index in [1.54, 1.807) is 0 Å². The largest absolute Gasteiger partial charge is 0.269 e. The van der Waals surface area contributed by atoms with E-state index in [0.717, 1.165) is 22.1 Å². The highest BCUT2D eigenvalue weighted by Gasteiger charge is 2.33. The number of para-hydroxylation sites is 1. The van der Waals surface area contributed by atoms with E-state index in [4.69, 9.17) is 16.6 Å². The monoisotopic (exact) mass is 311 g/mol. The van der Waals surface area contributed by atoms with Gasteiger partial charge in [0.1, 0.15) is 0 Å². The molecule has 2 aromatic carbocycles. The second kappa shape index (κ2) is 5.58. The second-order valence-electron chi connectivity index (χ2n) is 5.88. The fraction of sp³-hybridized carbons (Fsp3) is 0.222. The van der Waals surface area contributed by atoms with Gasteiger partial charge in [-0.05, 0) is 35.9 Å². The number of hydrazone groups is 1. The predicted octanol–water partition coefficient (Wildman–Crippen LogP) is 4.83. The summed E-state index contributed by atoms with van der Waals surface area (Å²) in [5.41, 5.74) is 4.10. The average Bonchev–Trinajstić information content (AvgIpc) is 2.77. The van der Waals surface area contributed by atoms with Gasteiger partial charge in [0.2, 0.25) is 0 Å². The Kier molecular flexibility index (Phi) is 3.75. The molecule has 0 saturated heterocycles. The van der Waals surface area contributed by atoms with Crippen molar-refractivity contribution in [3.8, 4) is 0 Å². The molecule has 2 aromatic rings. The van der Waals surface area contributed by atoms with Crippen molar-refractivity contribution in [3.63, 3.8) is 0 Å². The minimum atomic E-state index is -0.124.